The van der Waals surface area contributed by atoms with Crippen molar-refractivity contribution in [2.45, 2.75) is 70.8 Å². The van der Waals surface area contributed by atoms with Gasteiger partial charge in [-0.15, -0.1) is 0 Å². The Labute approximate surface area is 175 Å². The predicted octanol–water partition coefficient (Wildman–Crippen LogP) is -0.947. The molecular formula is C18H34N4O6S. The maximum atomic E-state index is 12.7. The van der Waals surface area contributed by atoms with Crippen molar-refractivity contribution in [3.8, 4) is 0 Å². The maximum Gasteiger partial charge on any atom is 0.326 e. The van der Waals surface area contributed by atoms with Gasteiger partial charge in [0.15, 0.2) is 0 Å². The number of carbonyl (C=O) groups is 4. The molecule has 0 saturated carbocycles. The van der Waals surface area contributed by atoms with E-state index in [1.807, 2.05) is 13.2 Å². The number of thioether (sulfide) groups is 1. The molecule has 0 radical (unpaired) electrons. The molecule has 0 bridgehead atoms. The summed E-state index contributed by atoms with van der Waals surface area (Å²) in [5.74, 6) is -2.95. The third kappa shape index (κ3) is 9.46. The normalized spacial score (nSPS) is 17.2. The van der Waals surface area contributed by atoms with Crippen LogP contribution in [-0.2, 0) is 19.2 Å². The summed E-state index contributed by atoms with van der Waals surface area (Å²) in [5, 5.41) is 26.5. The summed E-state index contributed by atoms with van der Waals surface area (Å²) in [5.41, 5.74) is 5.48. The van der Waals surface area contributed by atoms with Gasteiger partial charge in [-0.1, -0.05) is 20.3 Å². The van der Waals surface area contributed by atoms with E-state index in [-0.39, 0.29) is 12.3 Å². The zero-order chi connectivity index (χ0) is 22.7. The highest BCUT2D eigenvalue weighted by Crippen LogP contribution is 2.10. The fourth-order valence-corrected chi connectivity index (χ4v) is 2.86. The predicted molar refractivity (Wildman–Crippen MR) is 111 cm³/mol. The van der Waals surface area contributed by atoms with Gasteiger partial charge in [0.25, 0.3) is 0 Å². The second kappa shape index (κ2) is 13.4. The van der Waals surface area contributed by atoms with Crippen LogP contribution < -0.4 is 21.7 Å². The van der Waals surface area contributed by atoms with Crippen LogP contribution in [0.1, 0.15) is 40.5 Å². The molecule has 6 atom stereocenters. The van der Waals surface area contributed by atoms with Gasteiger partial charge in [0.1, 0.15) is 18.1 Å². The maximum absolute atomic E-state index is 12.7. The molecule has 0 aromatic heterocycles. The molecule has 0 heterocycles. The molecule has 0 fully saturated rings. The van der Waals surface area contributed by atoms with Crippen LogP contribution in [0, 0.1) is 5.92 Å². The number of aliphatic carboxylic acids is 1. The first-order valence-corrected chi connectivity index (χ1v) is 10.9. The van der Waals surface area contributed by atoms with E-state index < -0.39 is 54.0 Å². The van der Waals surface area contributed by atoms with Gasteiger partial charge < -0.3 is 31.9 Å². The summed E-state index contributed by atoms with van der Waals surface area (Å²) in [6, 6.07) is -4.30. The summed E-state index contributed by atoms with van der Waals surface area (Å²) < 4.78 is 0. The number of rotatable bonds is 13. The van der Waals surface area contributed by atoms with Crippen LogP contribution in [-0.4, -0.2) is 76.2 Å². The molecule has 0 spiro atoms. The lowest BCUT2D eigenvalue weighted by Gasteiger charge is -2.28. The van der Waals surface area contributed by atoms with Crippen LogP contribution in [0.15, 0.2) is 0 Å². The molecule has 168 valence electrons. The number of aliphatic hydroxyl groups is 1. The number of carbonyl (C=O) groups excluding carboxylic acids is 3. The second-order valence-electron chi connectivity index (χ2n) is 7.07. The number of hydrogen-bond acceptors (Lipinski definition) is 7. The van der Waals surface area contributed by atoms with E-state index in [1.54, 1.807) is 6.92 Å². The third-order valence-corrected chi connectivity index (χ3v) is 5.14. The van der Waals surface area contributed by atoms with Crippen LogP contribution in [0.2, 0.25) is 0 Å². The molecule has 7 N–H and O–H groups in total. The van der Waals surface area contributed by atoms with Crippen LogP contribution in [0.4, 0.5) is 0 Å². The second-order valence-corrected chi connectivity index (χ2v) is 8.05. The van der Waals surface area contributed by atoms with Crippen LogP contribution in [0.5, 0.6) is 0 Å². The number of carboxylic acid groups (broad SMARTS) is 1. The molecule has 10 nitrogen and oxygen atoms in total. The molecular weight excluding hydrogens is 400 g/mol. The first-order valence-electron chi connectivity index (χ1n) is 9.52. The van der Waals surface area contributed by atoms with Gasteiger partial charge in [0, 0.05) is 0 Å². The van der Waals surface area contributed by atoms with Crippen molar-refractivity contribution in [1.29, 1.82) is 0 Å². The summed E-state index contributed by atoms with van der Waals surface area (Å²) in [4.78, 5) is 48.6. The smallest absolute Gasteiger partial charge is 0.326 e. The lowest BCUT2D eigenvalue weighted by molar-refractivity contribution is -0.142. The van der Waals surface area contributed by atoms with Crippen molar-refractivity contribution in [2.75, 3.05) is 12.0 Å². The van der Waals surface area contributed by atoms with E-state index in [9.17, 15) is 29.4 Å². The first-order chi connectivity index (χ1) is 13.5. The highest BCUT2D eigenvalue weighted by Gasteiger charge is 2.33. The Morgan fingerprint density at radius 2 is 1.48 bits per heavy atom. The first kappa shape index (κ1) is 27.1. The van der Waals surface area contributed by atoms with Crippen LogP contribution in [0.3, 0.4) is 0 Å². The summed E-state index contributed by atoms with van der Waals surface area (Å²) in [7, 11) is 0. The number of amides is 3. The minimum absolute atomic E-state index is 0.240. The summed E-state index contributed by atoms with van der Waals surface area (Å²) >= 11 is 1.46. The topological polar surface area (TPSA) is 171 Å². The number of hydrogen-bond donors (Lipinski definition) is 6. The zero-order valence-corrected chi connectivity index (χ0v) is 18.4. The van der Waals surface area contributed by atoms with Crippen molar-refractivity contribution in [2.24, 2.45) is 11.7 Å². The Morgan fingerprint density at radius 3 is 1.90 bits per heavy atom. The fraction of sp³-hybridized carbons (Fsp3) is 0.778. The molecule has 0 aliphatic heterocycles. The van der Waals surface area contributed by atoms with Gasteiger partial charge in [-0.3, -0.25) is 14.4 Å². The molecule has 6 unspecified atom stereocenters. The van der Waals surface area contributed by atoms with Gasteiger partial charge in [0.2, 0.25) is 17.7 Å². The van der Waals surface area contributed by atoms with Crippen molar-refractivity contribution < 1.29 is 29.4 Å². The van der Waals surface area contributed by atoms with Gasteiger partial charge in [-0.05, 0) is 38.2 Å². The minimum Gasteiger partial charge on any atom is -0.480 e. The van der Waals surface area contributed by atoms with Gasteiger partial charge in [-0.25, -0.2) is 4.79 Å². The number of nitrogens with one attached hydrogen (secondary N) is 3. The Hall–Kier alpha value is -1.85. The largest absolute Gasteiger partial charge is 0.480 e. The number of carboxylic acids is 1. The van der Waals surface area contributed by atoms with E-state index in [2.05, 4.69) is 16.0 Å². The average Bonchev–Trinajstić information content (AvgIpc) is 2.65. The Kier molecular flexibility index (Phi) is 12.5. The molecule has 0 rings (SSSR count). The van der Waals surface area contributed by atoms with Crippen molar-refractivity contribution in [3.63, 3.8) is 0 Å². The van der Waals surface area contributed by atoms with Gasteiger partial charge in [0.05, 0.1) is 12.1 Å². The Balaban J connectivity index is 5.39. The standard InChI is InChI=1S/C18H34N4O6S/c1-6-9(2)13(16(25)20-12(18(27)28)7-8-29-5)21-17(26)14(11(4)23)22-15(24)10(3)19/h9-14,23H,6-8,19H2,1-5H3,(H,20,25)(H,21,26)(H,22,24)(H,27,28). The monoisotopic (exact) mass is 434 g/mol. The van der Waals surface area contributed by atoms with E-state index in [1.165, 1.54) is 25.6 Å². The number of nitrogens with two attached hydrogens (primary N) is 1. The number of aliphatic hydroxyl groups excluding tert-OH is 1. The molecule has 29 heavy (non-hydrogen) atoms. The van der Waals surface area contributed by atoms with E-state index in [4.69, 9.17) is 5.73 Å². The zero-order valence-electron chi connectivity index (χ0n) is 17.6. The van der Waals surface area contributed by atoms with Crippen molar-refractivity contribution >= 4 is 35.5 Å². The van der Waals surface area contributed by atoms with E-state index in [0.717, 1.165) is 0 Å². The quantitative estimate of drug-likeness (QED) is 0.215. The Morgan fingerprint density at radius 1 is 0.966 bits per heavy atom. The van der Waals surface area contributed by atoms with Gasteiger partial charge >= 0.3 is 5.97 Å². The summed E-state index contributed by atoms with van der Waals surface area (Å²) in [6.45, 7) is 6.32. The van der Waals surface area contributed by atoms with E-state index in [0.29, 0.717) is 12.2 Å². The molecule has 0 saturated heterocycles. The molecule has 0 aromatic carbocycles. The summed E-state index contributed by atoms with van der Waals surface area (Å²) in [6.07, 6.45) is 1.37. The molecule has 3 amide bonds. The molecule has 11 heteroatoms. The van der Waals surface area contributed by atoms with Crippen molar-refractivity contribution in [3.05, 3.63) is 0 Å². The van der Waals surface area contributed by atoms with Crippen LogP contribution >= 0.6 is 11.8 Å². The van der Waals surface area contributed by atoms with Gasteiger partial charge in [-0.2, -0.15) is 11.8 Å². The highest BCUT2D eigenvalue weighted by atomic mass is 32.2. The lowest BCUT2D eigenvalue weighted by Crippen LogP contribution is -2.60. The highest BCUT2D eigenvalue weighted by molar-refractivity contribution is 7.98. The minimum atomic E-state index is -1.31. The van der Waals surface area contributed by atoms with Crippen molar-refractivity contribution in [1.82, 2.24) is 16.0 Å². The molecule has 0 aliphatic carbocycles. The van der Waals surface area contributed by atoms with Crippen LogP contribution in [0.25, 0.3) is 0 Å². The molecule has 0 aromatic rings. The fourth-order valence-electron chi connectivity index (χ4n) is 2.39. The Bertz CT molecular complexity index is 573. The lowest BCUT2D eigenvalue weighted by atomic mass is 9.97. The van der Waals surface area contributed by atoms with E-state index >= 15 is 0 Å². The third-order valence-electron chi connectivity index (χ3n) is 4.49. The molecule has 0 aliphatic rings. The average molecular weight is 435 g/mol. The SMILES string of the molecule is CCC(C)C(NC(=O)C(NC(=O)C(C)N)C(C)O)C(=O)NC(CCSC)C(=O)O.